The predicted molar refractivity (Wildman–Crippen MR) is 170 cm³/mol. The maximum absolute atomic E-state index is 13.0. The van der Waals surface area contributed by atoms with Crippen molar-refractivity contribution in [1.82, 2.24) is 14.6 Å². The summed E-state index contributed by atoms with van der Waals surface area (Å²) in [7, 11) is -3.92. The molecule has 11 nitrogen and oxygen atoms in total. The van der Waals surface area contributed by atoms with Gasteiger partial charge in [0.25, 0.3) is 5.91 Å². The number of aliphatic hydroxyl groups is 2. The number of carbonyl (C=O) groups is 2. The number of aliphatic hydroxyl groups excluding tert-OH is 2. The number of halogens is 1. The molecular weight excluding hydrogens is 622 g/mol. The largest absolute Gasteiger partial charge is 0.490 e. The van der Waals surface area contributed by atoms with Crippen molar-refractivity contribution in [3.63, 3.8) is 0 Å². The highest BCUT2D eigenvalue weighted by Crippen LogP contribution is 2.31. The zero-order valence-corrected chi connectivity index (χ0v) is 26.3. The van der Waals surface area contributed by atoms with Gasteiger partial charge in [-0.2, -0.15) is 0 Å². The third-order valence-electron chi connectivity index (χ3n) is 7.65. The van der Waals surface area contributed by atoms with E-state index in [1.54, 1.807) is 24.3 Å². The summed E-state index contributed by atoms with van der Waals surface area (Å²) < 4.78 is 33.0. The molecule has 1 aliphatic rings. The lowest BCUT2D eigenvalue weighted by atomic mass is 9.97. The summed E-state index contributed by atoms with van der Waals surface area (Å²) >= 11 is 5.80. The number of aromatic nitrogens is 1. The molecule has 4 N–H and O–H groups in total. The second kappa shape index (κ2) is 16.0. The minimum atomic E-state index is -3.92. The molecule has 3 aromatic rings. The van der Waals surface area contributed by atoms with Crippen molar-refractivity contribution >= 4 is 33.6 Å². The highest BCUT2D eigenvalue weighted by molar-refractivity contribution is 7.90. The second-order valence-corrected chi connectivity index (χ2v) is 13.3. The molecule has 1 aromatic heterocycles. The Bertz CT molecular complexity index is 1550. The second-order valence-electron chi connectivity index (χ2n) is 11.0. The average Bonchev–Trinajstić information content (AvgIpc) is 3.02. The molecular formula is C32H38ClN3O8S. The Hall–Kier alpha value is -3.71. The summed E-state index contributed by atoms with van der Waals surface area (Å²) in [5, 5.41) is 29.4. The number of hydrogen-bond acceptors (Lipinski definition) is 8. The third-order valence-corrected chi connectivity index (χ3v) is 9.19. The van der Waals surface area contributed by atoms with E-state index in [0.29, 0.717) is 17.7 Å². The molecule has 0 spiro atoms. The monoisotopic (exact) mass is 659 g/mol. The highest BCUT2D eigenvalue weighted by atomic mass is 35.5. The van der Waals surface area contributed by atoms with Gasteiger partial charge >= 0.3 is 6.09 Å². The van der Waals surface area contributed by atoms with E-state index in [-0.39, 0.29) is 48.7 Å². The van der Waals surface area contributed by atoms with Gasteiger partial charge in [-0.3, -0.25) is 4.79 Å². The van der Waals surface area contributed by atoms with E-state index in [2.05, 4.69) is 9.71 Å². The first kappa shape index (κ1) is 34.2. The summed E-state index contributed by atoms with van der Waals surface area (Å²) in [6.07, 6.45) is 4.39. The molecule has 1 fully saturated rings. The van der Waals surface area contributed by atoms with Crippen molar-refractivity contribution in [2.75, 3.05) is 25.4 Å². The number of pyridine rings is 1. The maximum Gasteiger partial charge on any atom is 0.407 e. The van der Waals surface area contributed by atoms with Gasteiger partial charge in [0.05, 0.1) is 30.1 Å². The molecule has 1 heterocycles. The van der Waals surface area contributed by atoms with Crippen molar-refractivity contribution in [3.05, 3.63) is 82.6 Å². The van der Waals surface area contributed by atoms with Crippen LogP contribution in [0.1, 0.15) is 66.1 Å². The molecule has 0 saturated heterocycles. The lowest BCUT2D eigenvalue weighted by Gasteiger charge is -2.24. The summed E-state index contributed by atoms with van der Waals surface area (Å²) in [6, 6.07) is 15.7. The predicted octanol–water partition coefficient (Wildman–Crippen LogP) is 4.81. The Labute approximate surface area is 267 Å². The van der Waals surface area contributed by atoms with Crippen LogP contribution < -0.4 is 9.46 Å². The number of sulfonamides is 1. The van der Waals surface area contributed by atoms with Gasteiger partial charge in [-0.15, -0.1) is 0 Å². The van der Waals surface area contributed by atoms with Crippen LogP contribution in [-0.4, -0.2) is 77.2 Å². The smallest absolute Gasteiger partial charge is 0.407 e. The molecule has 2 amide bonds. The molecule has 242 valence electrons. The molecule has 13 heteroatoms. The first-order valence-corrected chi connectivity index (χ1v) is 16.9. The van der Waals surface area contributed by atoms with E-state index in [1.165, 1.54) is 12.3 Å². The zero-order valence-electron chi connectivity index (χ0n) is 24.8. The van der Waals surface area contributed by atoms with Crippen LogP contribution in [0, 0.1) is 0 Å². The molecule has 1 saturated carbocycles. The Kier molecular flexibility index (Phi) is 12.2. The number of carbonyl (C=O) groups excluding carboxylic acids is 1. The van der Waals surface area contributed by atoms with Gasteiger partial charge in [0.15, 0.2) is 0 Å². The van der Waals surface area contributed by atoms with E-state index in [1.807, 2.05) is 24.3 Å². The molecule has 1 atom stereocenters. The molecule has 1 aliphatic carbocycles. The number of nitrogens with zero attached hydrogens (tertiary/aromatic N) is 2. The Morgan fingerprint density at radius 1 is 1.04 bits per heavy atom. The van der Waals surface area contributed by atoms with Crippen molar-refractivity contribution in [2.24, 2.45) is 0 Å². The molecule has 0 unspecified atom stereocenters. The van der Waals surface area contributed by atoms with Crippen LogP contribution in [0.5, 0.6) is 5.75 Å². The van der Waals surface area contributed by atoms with E-state index in [9.17, 15) is 28.2 Å². The van der Waals surface area contributed by atoms with Crippen LogP contribution in [0.2, 0.25) is 5.15 Å². The molecule has 0 aliphatic heterocycles. The minimum Gasteiger partial charge on any atom is -0.490 e. The lowest BCUT2D eigenvalue weighted by molar-refractivity contribution is 0.0966. The number of ether oxygens (including phenoxy) is 1. The molecule has 0 bridgehead atoms. The van der Waals surface area contributed by atoms with E-state index >= 15 is 0 Å². The number of rotatable bonds is 14. The van der Waals surface area contributed by atoms with Crippen LogP contribution in [0.15, 0.2) is 60.8 Å². The first-order valence-electron chi connectivity index (χ1n) is 14.9. The molecule has 45 heavy (non-hydrogen) atoms. The van der Waals surface area contributed by atoms with Crippen LogP contribution in [0.4, 0.5) is 4.79 Å². The summed E-state index contributed by atoms with van der Waals surface area (Å²) in [4.78, 5) is 29.9. The maximum atomic E-state index is 13.0. The first-order chi connectivity index (χ1) is 21.5. The Morgan fingerprint density at radius 3 is 2.40 bits per heavy atom. The highest BCUT2D eigenvalue weighted by Gasteiger charge is 2.23. The number of hydrogen-bond donors (Lipinski definition) is 4. The van der Waals surface area contributed by atoms with Gasteiger partial charge in [-0.25, -0.2) is 22.9 Å². The Balaban J connectivity index is 1.47. The van der Waals surface area contributed by atoms with E-state index in [0.717, 1.165) is 53.7 Å². The third kappa shape index (κ3) is 10.1. The zero-order chi connectivity index (χ0) is 32.4. The number of nitrogens with one attached hydrogen (secondary N) is 1. The van der Waals surface area contributed by atoms with E-state index in [4.69, 9.17) is 21.4 Å². The van der Waals surface area contributed by atoms with Crippen molar-refractivity contribution in [2.45, 2.75) is 57.2 Å². The van der Waals surface area contributed by atoms with Crippen LogP contribution in [0.25, 0.3) is 11.1 Å². The number of carboxylic acid groups (broad SMARTS) is 1. The quantitative estimate of drug-likeness (QED) is 0.178. The lowest BCUT2D eigenvalue weighted by Crippen LogP contribution is -2.35. The van der Waals surface area contributed by atoms with Crippen LogP contribution in [0.3, 0.4) is 0 Å². The SMILES string of the molecule is O=C(NS(=O)(=O)CCCO)c1ccc(-c2ccc(CCN(C[C@@H](O)c3ccc(Cl)nc3)C(=O)O)cc2)cc1OC1CCCCC1. The average molecular weight is 660 g/mol. The summed E-state index contributed by atoms with van der Waals surface area (Å²) in [5.74, 6) is -0.866. The van der Waals surface area contributed by atoms with E-state index < -0.39 is 28.1 Å². The van der Waals surface area contributed by atoms with Crippen LogP contribution in [-0.2, 0) is 16.4 Å². The fourth-order valence-electron chi connectivity index (χ4n) is 5.14. The van der Waals surface area contributed by atoms with Gasteiger partial charge in [0.1, 0.15) is 10.9 Å². The normalized spacial score (nSPS) is 14.5. The van der Waals surface area contributed by atoms with Crippen LogP contribution >= 0.6 is 11.6 Å². The fraction of sp³-hybridized carbons (Fsp3) is 0.406. The van der Waals surface area contributed by atoms with Gasteiger partial charge in [0.2, 0.25) is 10.0 Å². The standard InChI is InChI=1S/C32H38ClN3O8S/c33-30-14-12-25(20-34-30)28(38)21-36(32(40)41)16-15-22-7-9-23(10-8-22)24-11-13-27(31(39)35-45(42,43)18-4-17-37)29(19-24)44-26-5-2-1-3-6-26/h7-14,19-20,26,28,37-38H,1-6,15-18,21H2,(H,35,39)(H,40,41)/t28-/m1/s1. The fourth-order valence-corrected chi connectivity index (χ4v) is 6.26. The van der Waals surface area contributed by atoms with Crippen molar-refractivity contribution in [1.29, 1.82) is 0 Å². The van der Waals surface area contributed by atoms with Gasteiger partial charge in [-0.1, -0.05) is 54.4 Å². The number of benzene rings is 2. The summed E-state index contributed by atoms with van der Waals surface area (Å²) in [6.45, 7) is -0.262. The van der Waals surface area contributed by atoms with Gasteiger partial charge in [-0.05, 0) is 73.4 Å². The number of amides is 2. The summed E-state index contributed by atoms with van der Waals surface area (Å²) in [5.41, 5.74) is 3.05. The molecule has 0 radical (unpaired) electrons. The Morgan fingerprint density at radius 2 is 1.76 bits per heavy atom. The molecule has 4 rings (SSSR count). The van der Waals surface area contributed by atoms with Gasteiger partial charge in [0, 0.05) is 24.9 Å². The molecule has 2 aromatic carbocycles. The van der Waals surface area contributed by atoms with Crippen molar-refractivity contribution in [3.8, 4) is 16.9 Å². The minimum absolute atomic E-state index is 0.0143. The van der Waals surface area contributed by atoms with Crippen molar-refractivity contribution < 1.29 is 38.1 Å². The topological polar surface area (TPSA) is 166 Å². The van der Waals surface area contributed by atoms with Gasteiger partial charge < -0.3 is 25.0 Å².